The molecule has 0 spiro atoms. The first-order chi connectivity index (χ1) is 11.7. The van der Waals surface area contributed by atoms with Crippen LogP contribution >= 0.6 is 0 Å². The molecule has 0 radical (unpaired) electrons. The van der Waals surface area contributed by atoms with Crippen molar-refractivity contribution in [2.75, 3.05) is 18.0 Å². The van der Waals surface area contributed by atoms with E-state index in [0.29, 0.717) is 5.92 Å². The molecule has 24 heavy (non-hydrogen) atoms. The molecule has 2 aliphatic rings. The van der Waals surface area contributed by atoms with Gasteiger partial charge in [0.15, 0.2) is 0 Å². The largest absolute Gasteiger partial charge is 0.369 e. The Morgan fingerprint density at radius 1 is 1.08 bits per heavy atom. The molecule has 1 aliphatic carbocycles. The van der Waals surface area contributed by atoms with Crippen molar-refractivity contribution in [3.63, 3.8) is 0 Å². The van der Waals surface area contributed by atoms with E-state index in [1.54, 1.807) is 18.6 Å². The molecule has 1 aliphatic heterocycles. The monoisotopic (exact) mass is 324 g/mol. The van der Waals surface area contributed by atoms with E-state index in [2.05, 4.69) is 19.9 Å². The first kappa shape index (κ1) is 15.0. The number of hydrogen-bond acceptors (Lipinski definition) is 6. The van der Waals surface area contributed by atoms with E-state index in [1.165, 1.54) is 0 Å². The number of carbonyl (C=O) groups excluding carboxylic acids is 1. The SMILES string of the molecule is NC(=O)C1CCN(c2ncc(-c3cnccn3)c(C3CC3)n2)CC1. The second kappa shape index (κ2) is 6.14. The fraction of sp³-hybridized carbons (Fsp3) is 0.471. The molecular weight excluding hydrogens is 304 g/mol. The number of nitrogens with two attached hydrogens (primary N) is 1. The molecule has 1 saturated heterocycles. The lowest BCUT2D eigenvalue weighted by atomic mass is 9.96. The highest BCUT2D eigenvalue weighted by Crippen LogP contribution is 2.43. The van der Waals surface area contributed by atoms with Gasteiger partial charge in [-0.15, -0.1) is 0 Å². The Kier molecular flexibility index (Phi) is 3.84. The number of anilines is 1. The van der Waals surface area contributed by atoms with Crippen molar-refractivity contribution in [2.24, 2.45) is 11.7 Å². The van der Waals surface area contributed by atoms with Gasteiger partial charge in [0.1, 0.15) is 0 Å². The lowest BCUT2D eigenvalue weighted by Crippen LogP contribution is -2.39. The second-order valence-corrected chi connectivity index (χ2v) is 6.50. The lowest BCUT2D eigenvalue weighted by molar-refractivity contribution is -0.122. The van der Waals surface area contributed by atoms with Crippen molar-refractivity contribution in [2.45, 2.75) is 31.6 Å². The van der Waals surface area contributed by atoms with E-state index in [4.69, 9.17) is 10.7 Å². The molecule has 2 aromatic heterocycles. The first-order valence-corrected chi connectivity index (χ1v) is 8.40. The van der Waals surface area contributed by atoms with E-state index in [-0.39, 0.29) is 11.8 Å². The summed E-state index contributed by atoms with van der Waals surface area (Å²) < 4.78 is 0. The maximum atomic E-state index is 11.3. The van der Waals surface area contributed by atoms with Crippen molar-refractivity contribution in [3.8, 4) is 11.3 Å². The maximum Gasteiger partial charge on any atom is 0.225 e. The predicted octanol–water partition coefficient (Wildman–Crippen LogP) is 1.51. The molecule has 4 rings (SSSR count). The highest BCUT2D eigenvalue weighted by molar-refractivity contribution is 5.77. The Bertz CT molecular complexity index is 738. The summed E-state index contributed by atoms with van der Waals surface area (Å²) in [7, 11) is 0. The molecule has 0 aromatic carbocycles. The molecule has 1 saturated carbocycles. The van der Waals surface area contributed by atoms with Crippen LogP contribution in [0.1, 0.15) is 37.3 Å². The number of aromatic nitrogens is 4. The normalized spacial score (nSPS) is 18.6. The molecule has 2 aromatic rings. The van der Waals surface area contributed by atoms with Crippen molar-refractivity contribution >= 4 is 11.9 Å². The number of nitrogens with zero attached hydrogens (tertiary/aromatic N) is 5. The summed E-state index contributed by atoms with van der Waals surface area (Å²) in [5.41, 5.74) is 8.26. The minimum Gasteiger partial charge on any atom is -0.369 e. The third-order valence-corrected chi connectivity index (χ3v) is 4.79. The number of carbonyl (C=O) groups is 1. The summed E-state index contributed by atoms with van der Waals surface area (Å²) in [4.78, 5) is 31.4. The van der Waals surface area contributed by atoms with Gasteiger partial charge in [-0.1, -0.05) is 0 Å². The third-order valence-electron chi connectivity index (χ3n) is 4.79. The van der Waals surface area contributed by atoms with Gasteiger partial charge in [0, 0.05) is 49.1 Å². The van der Waals surface area contributed by atoms with Crippen LogP contribution < -0.4 is 10.6 Å². The summed E-state index contributed by atoms with van der Waals surface area (Å²) in [6, 6.07) is 0. The number of hydrogen-bond donors (Lipinski definition) is 1. The Morgan fingerprint density at radius 2 is 1.88 bits per heavy atom. The lowest BCUT2D eigenvalue weighted by Gasteiger charge is -2.30. The molecule has 0 unspecified atom stereocenters. The first-order valence-electron chi connectivity index (χ1n) is 8.40. The zero-order valence-corrected chi connectivity index (χ0v) is 13.4. The Balaban J connectivity index is 1.60. The van der Waals surface area contributed by atoms with E-state index in [9.17, 15) is 4.79 Å². The van der Waals surface area contributed by atoms with Gasteiger partial charge in [-0.3, -0.25) is 14.8 Å². The van der Waals surface area contributed by atoms with Gasteiger partial charge in [0.2, 0.25) is 11.9 Å². The average molecular weight is 324 g/mol. The van der Waals surface area contributed by atoms with Gasteiger partial charge < -0.3 is 10.6 Å². The molecular formula is C17H20N6O. The standard InChI is InChI=1S/C17H20N6O/c18-16(24)12-3-7-23(8-4-12)17-21-9-13(14-10-19-5-6-20-14)15(22-17)11-1-2-11/h5-6,9-12H,1-4,7-8H2,(H2,18,24). The molecule has 3 heterocycles. The Morgan fingerprint density at radius 3 is 2.50 bits per heavy atom. The molecule has 124 valence electrons. The average Bonchev–Trinajstić information content (AvgIpc) is 3.47. The molecule has 2 N–H and O–H groups in total. The molecule has 7 nitrogen and oxygen atoms in total. The Hall–Kier alpha value is -2.57. The van der Waals surface area contributed by atoms with E-state index in [1.807, 2.05) is 6.20 Å². The van der Waals surface area contributed by atoms with Crippen molar-refractivity contribution < 1.29 is 4.79 Å². The summed E-state index contributed by atoms with van der Waals surface area (Å²) in [5.74, 6) is 1.01. The van der Waals surface area contributed by atoms with Gasteiger partial charge >= 0.3 is 0 Å². The topological polar surface area (TPSA) is 97.9 Å². The van der Waals surface area contributed by atoms with Gasteiger partial charge in [0.25, 0.3) is 0 Å². The zero-order chi connectivity index (χ0) is 16.5. The highest BCUT2D eigenvalue weighted by atomic mass is 16.1. The number of primary amides is 1. The zero-order valence-electron chi connectivity index (χ0n) is 13.4. The molecule has 7 heteroatoms. The van der Waals surface area contributed by atoms with Crippen LogP contribution in [0.4, 0.5) is 5.95 Å². The van der Waals surface area contributed by atoms with E-state index < -0.39 is 0 Å². The van der Waals surface area contributed by atoms with Crippen LogP contribution in [-0.4, -0.2) is 38.9 Å². The molecule has 0 atom stereocenters. The van der Waals surface area contributed by atoms with Crippen LogP contribution in [0.25, 0.3) is 11.3 Å². The van der Waals surface area contributed by atoms with Crippen LogP contribution in [0.15, 0.2) is 24.8 Å². The number of amides is 1. The van der Waals surface area contributed by atoms with E-state index in [0.717, 1.165) is 61.7 Å². The maximum absolute atomic E-state index is 11.3. The fourth-order valence-corrected chi connectivity index (χ4v) is 3.21. The molecule has 2 fully saturated rings. The second-order valence-electron chi connectivity index (χ2n) is 6.50. The Labute approximate surface area is 140 Å². The molecule has 1 amide bonds. The highest BCUT2D eigenvalue weighted by Gasteiger charge is 2.31. The van der Waals surface area contributed by atoms with Crippen LogP contribution in [0, 0.1) is 5.92 Å². The van der Waals surface area contributed by atoms with Gasteiger partial charge in [-0.2, -0.15) is 0 Å². The summed E-state index contributed by atoms with van der Waals surface area (Å²) in [6.45, 7) is 1.53. The van der Waals surface area contributed by atoms with Crippen LogP contribution in [0.5, 0.6) is 0 Å². The smallest absolute Gasteiger partial charge is 0.225 e. The number of piperidine rings is 1. The van der Waals surface area contributed by atoms with Crippen molar-refractivity contribution in [1.82, 2.24) is 19.9 Å². The third kappa shape index (κ3) is 2.93. The summed E-state index contributed by atoms with van der Waals surface area (Å²) in [5, 5.41) is 0. The quantitative estimate of drug-likeness (QED) is 0.915. The van der Waals surface area contributed by atoms with Gasteiger partial charge in [-0.05, 0) is 25.7 Å². The van der Waals surface area contributed by atoms with Gasteiger partial charge in [0.05, 0.1) is 17.6 Å². The molecule has 0 bridgehead atoms. The minimum atomic E-state index is -0.202. The van der Waals surface area contributed by atoms with Crippen molar-refractivity contribution in [1.29, 1.82) is 0 Å². The summed E-state index contributed by atoms with van der Waals surface area (Å²) in [6.07, 6.45) is 10.8. The van der Waals surface area contributed by atoms with Gasteiger partial charge in [-0.25, -0.2) is 9.97 Å². The summed E-state index contributed by atoms with van der Waals surface area (Å²) >= 11 is 0. The van der Waals surface area contributed by atoms with Crippen LogP contribution in [0.2, 0.25) is 0 Å². The van der Waals surface area contributed by atoms with Crippen LogP contribution in [-0.2, 0) is 4.79 Å². The van der Waals surface area contributed by atoms with E-state index >= 15 is 0 Å². The van der Waals surface area contributed by atoms with Crippen LogP contribution in [0.3, 0.4) is 0 Å². The minimum absolute atomic E-state index is 0.0250. The predicted molar refractivity (Wildman–Crippen MR) is 89.2 cm³/mol. The number of rotatable bonds is 4. The van der Waals surface area contributed by atoms with Crippen molar-refractivity contribution in [3.05, 3.63) is 30.5 Å². The fourth-order valence-electron chi connectivity index (χ4n) is 3.21.